The maximum absolute atomic E-state index is 11.7. The van der Waals surface area contributed by atoms with Gasteiger partial charge in [-0.15, -0.1) is 0 Å². The topological polar surface area (TPSA) is 43.1 Å². The zero-order valence-corrected chi connectivity index (χ0v) is 8.81. The van der Waals surface area contributed by atoms with Gasteiger partial charge in [0.15, 0.2) is 5.78 Å². The first kappa shape index (κ1) is 10.7. The Kier molecular flexibility index (Phi) is 3.48. The molecule has 2 N–H and O–H groups in total. The highest BCUT2D eigenvalue weighted by Crippen LogP contribution is 2.39. The minimum absolute atomic E-state index is 0.267. The van der Waals surface area contributed by atoms with Crippen LogP contribution in [0.2, 0.25) is 0 Å². The molecule has 0 radical (unpaired) electrons. The van der Waals surface area contributed by atoms with Crippen molar-refractivity contribution in [3.8, 4) is 0 Å². The van der Waals surface area contributed by atoms with Crippen LogP contribution in [0.5, 0.6) is 0 Å². The van der Waals surface area contributed by atoms with Crippen LogP contribution in [-0.2, 0) is 4.79 Å². The normalized spacial score (nSPS) is 21.2. The highest BCUT2D eigenvalue weighted by atomic mass is 16.1. The van der Waals surface area contributed by atoms with E-state index in [0.29, 0.717) is 12.3 Å². The number of carbonyl (C=O) groups is 1. The van der Waals surface area contributed by atoms with E-state index < -0.39 is 5.54 Å². The van der Waals surface area contributed by atoms with Crippen LogP contribution in [0, 0.1) is 5.92 Å². The molecule has 1 unspecified atom stereocenters. The molecule has 2 heteroatoms. The third kappa shape index (κ3) is 2.80. The summed E-state index contributed by atoms with van der Waals surface area (Å²) in [6.07, 6.45) is 6.29. The molecule has 0 aromatic heterocycles. The molecule has 13 heavy (non-hydrogen) atoms. The lowest BCUT2D eigenvalue weighted by atomic mass is 9.89. The van der Waals surface area contributed by atoms with Crippen molar-refractivity contribution >= 4 is 5.78 Å². The smallest absolute Gasteiger partial charge is 0.152 e. The first-order valence-corrected chi connectivity index (χ1v) is 5.41. The Labute approximate surface area is 80.9 Å². The Morgan fingerprint density at radius 3 is 2.54 bits per heavy atom. The van der Waals surface area contributed by atoms with E-state index in [-0.39, 0.29) is 5.78 Å². The number of rotatable bonds is 6. The molecule has 1 aliphatic carbocycles. The molecule has 0 heterocycles. The van der Waals surface area contributed by atoms with Gasteiger partial charge in [-0.1, -0.05) is 19.8 Å². The summed E-state index contributed by atoms with van der Waals surface area (Å²) in [4.78, 5) is 11.7. The van der Waals surface area contributed by atoms with Crippen molar-refractivity contribution in [1.82, 2.24) is 0 Å². The van der Waals surface area contributed by atoms with Crippen LogP contribution in [0.3, 0.4) is 0 Å². The maximum atomic E-state index is 11.7. The minimum Gasteiger partial charge on any atom is -0.319 e. The van der Waals surface area contributed by atoms with Gasteiger partial charge >= 0.3 is 0 Å². The third-order valence-corrected chi connectivity index (χ3v) is 3.03. The average Bonchev–Trinajstić information content (AvgIpc) is 2.86. The van der Waals surface area contributed by atoms with Gasteiger partial charge < -0.3 is 5.73 Å². The second-order valence-electron chi connectivity index (χ2n) is 4.44. The van der Waals surface area contributed by atoms with E-state index in [1.54, 1.807) is 0 Å². The lowest BCUT2D eigenvalue weighted by Gasteiger charge is -2.22. The van der Waals surface area contributed by atoms with Crippen molar-refractivity contribution in [2.24, 2.45) is 11.7 Å². The summed E-state index contributed by atoms with van der Waals surface area (Å²) in [5.74, 6) is 0.741. The molecule has 1 fully saturated rings. The van der Waals surface area contributed by atoms with Crippen molar-refractivity contribution in [2.45, 2.75) is 57.9 Å². The first-order chi connectivity index (χ1) is 6.09. The number of hydrogen-bond acceptors (Lipinski definition) is 2. The number of carbonyl (C=O) groups excluding carboxylic acids is 1. The Morgan fingerprint density at radius 2 is 2.08 bits per heavy atom. The third-order valence-electron chi connectivity index (χ3n) is 3.03. The second-order valence-corrected chi connectivity index (χ2v) is 4.44. The van der Waals surface area contributed by atoms with E-state index in [0.717, 1.165) is 32.1 Å². The van der Waals surface area contributed by atoms with Crippen molar-refractivity contribution in [3.63, 3.8) is 0 Å². The molecule has 1 rings (SSSR count). The largest absolute Gasteiger partial charge is 0.319 e. The van der Waals surface area contributed by atoms with E-state index in [1.807, 2.05) is 6.92 Å². The predicted octanol–water partition coefficient (Wildman–Crippen LogP) is 2.26. The van der Waals surface area contributed by atoms with Crippen LogP contribution >= 0.6 is 0 Å². The molecule has 0 saturated heterocycles. The summed E-state index contributed by atoms with van der Waals surface area (Å²) in [7, 11) is 0. The quantitative estimate of drug-likeness (QED) is 0.642. The van der Waals surface area contributed by atoms with Gasteiger partial charge in [0.25, 0.3) is 0 Å². The van der Waals surface area contributed by atoms with Gasteiger partial charge in [-0.3, -0.25) is 4.79 Å². The van der Waals surface area contributed by atoms with Gasteiger partial charge in [0.1, 0.15) is 0 Å². The molecule has 0 amide bonds. The molecule has 1 aliphatic rings. The molecule has 0 aromatic rings. The van der Waals surface area contributed by atoms with E-state index in [1.165, 1.54) is 0 Å². The van der Waals surface area contributed by atoms with Gasteiger partial charge in [-0.2, -0.15) is 0 Å². The number of ketones is 1. The molecule has 0 bridgehead atoms. The van der Waals surface area contributed by atoms with Crippen LogP contribution in [0.1, 0.15) is 52.4 Å². The van der Waals surface area contributed by atoms with Crippen molar-refractivity contribution < 1.29 is 4.79 Å². The fourth-order valence-corrected chi connectivity index (χ4v) is 1.72. The van der Waals surface area contributed by atoms with Crippen LogP contribution < -0.4 is 5.73 Å². The summed E-state index contributed by atoms with van der Waals surface area (Å²) in [5.41, 5.74) is 5.48. The van der Waals surface area contributed by atoms with Gasteiger partial charge in [-0.25, -0.2) is 0 Å². The Bertz CT molecular complexity index is 183. The Balaban J connectivity index is 2.28. The minimum atomic E-state index is -0.520. The SMILES string of the molecule is CCCCCC(=O)C(C)(N)C1CC1. The van der Waals surface area contributed by atoms with Crippen LogP contribution in [0.4, 0.5) is 0 Å². The molecule has 1 atom stereocenters. The molecule has 2 nitrogen and oxygen atoms in total. The zero-order chi connectivity index (χ0) is 9.90. The molecule has 76 valence electrons. The summed E-state index contributed by atoms with van der Waals surface area (Å²) in [6, 6.07) is 0. The lowest BCUT2D eigenvalue weighted by molar-refractivity contribution is -0.124. The van der Waals surface area contributed by atoms with Crippen molar-refractivity contribution in [2.75, 3.05) is 0 Å². The average molecular weight is 183 g/mol. The summed E-state index contributed by atoms with van der Waals surface area (Å²) >= 11 is 0. The van der Waals surface area contributed by atoms with Crippen LogP contribution in [-0.4, -0.2) is 11.3 Å². The van der Waals surface area contributed by atoms with Gasteiger partial charge in [0, 0.05) is 6.42 Å². The Hall–Kier alpha value is -0.370. The summed E-state index contributed by atoms with van der Waals surface area (Å²) in [6.45, 7) is 4.05. The monoisotopic (exact) mass is 183 g/mol. The highest BCUT2D eigenvalue weighted by Gasteiger charge is 2.42. The molecule has 1 saturated carbocycles. The van der Waals surface area contributed by atoms with Gasteiger partial charge in [0.05, 0.1) is 5.54 Å². The number of nitrogens with two attached hydrogens (primary N) is 1. The molecule has 0 spiro atoms. The molecule has 0 aliphatic heterocycles. The number of hydrogen-bond donors (Lipinski definition) is 1. The van der Waals surface area contributed by atoms with Crippen LogP contribution in [0.15, 0.2) is 0 Å². The Morgan fingerprint density at radius 1 is 1.46 bits per heavy atom. The lowest BCUT2D eigenvalue weighted by Crippen LogP contribution is -2.46. The standard InChI is InChI=1S/C11H21NO/c1-3-4-5-6-10(13)11(2,12)9-7-8-9/h9H,3-8,12H2,1-2H3. The highest BCUT2D eigenvalue weighted by molar-refractivity contribution is 5.88. The molecular formula is C11H21NO. The molecule has 0 aromatic carbocycles. The van der Waals surface area contributed by atoms with E-state index in [9.17, 15) is 4.79 Å². The summed E-state index contributed by atoms with van der Waals surface area (Å²) < 4.78 is 0. The van der Waals surface area contributed by atoms with Crippen LogP contribution in [0.25, 0.3) is 0 Å². The summed E-state index contributed by atoms with van der Waals surface area (Å²) in [5, 5.41) is 0. The first-order valence-electron chi connectivity index (χ1n) is 5.41. The van der Waals surface area contributed by atoms with Gasteiger partial charge in [-0.05, 0) is 32.1 Å². The number of Topliss-reactive ketones (excluding diaryl/α,β-unsaturated/α-hetero) is 1. The van der Waals surface area contributed by atoms with E-state index in [4.69, 9.17) is 5.73 Å². The predicted molar refractivity (Wildman–Crippen MR) is 54.5 cm³/mol. The molecular weight excluding hydrogens is 162 g/mol. The van der Waals surface area contributed by atoms with Crippen molar-refractivity contribution in [3.05, 3.63) is 0 Å². The maximum Gasteiger partial charge on any atom is 0.152 e. The van der Waals surface area contributed by atoms with Crippen molar-refractivity contribution in [1.29, 1.82) is 0 Å². The zero-order valence-electron chi connectivity index (χ0n) is 8.81. The fourth-order valence-electron chi connectivity index (χ4n) is 1.72. The second kappa shape index (κ2) is 4.23. The van der Waals surface area contributed by atoms with E-state index in [2.05, 4.69) is 6.92 Å². The van der Waals surface area contributed by atoms with Gasteiger partial charge in [0.2, 0.25) is 0 Å². The van der Waals surface area contributed by atoms with E-state index >= 15 is 0 Å². The fraction of sp³-hybridized carbons (Fsp3) is 0.909. The number of unbranched alkanes of at least 4 members (excludes halogenated alkanes) is 2.